The summed E-state index contributed by atoms with van der Waals surface area (Å²) in [5, 5.41) is 11.5. The Kier molecular flexibility index (Phi) is 14.0. The first-order valence-corrected chi connectivity index (χ1v) is 17.0. The Morgan fingerprint density at radius 1 is 1.11 bits per heavy atom. The summed E-state index contributed by atoms with van der Waals surface area (Å²) in [6, 6.07) is -0.214. The minimum absolute atomic E-state index is 0.0471. The minimum atomic E-state index is -1.19. The average molecular weight is 652 g/mol. The van der Waals surface area contributed by atoms with Crippen molar-refractivity contribution in [3.05, 3.63) is 12.2 Å². The average Bonchev–Trinajstić information content (AvgIpc) is 3.68. The van der Waals surface area contributed by atoms with Crippen molar-refractivity contribution in [2.75, 3.05) is 14.1 Å². The summed E-state index contributed by atoms with van der Waals surface area (Å²) in [5.41, 5.74) is -0.657. The highest BCUT2D eigenvalue weighted by Gasteiger charge is 2.55. The molecule has 3 aliphatic rings. The second-order valence-corrected chi connectivity index (χ2v) is 14.1. The Morgan fingerprint density at radius 2 is 1.80 bits per heavy atom. The van der Waals surface area contributed by atoms with Crippen LogP contribution in [-0.4, -0.2) is 103 Å². The number of rotatable bonds is 9. The van der Waals surface area contributed by atoms with E-state index in [4.69, 9.17) is 23.7 Å². The van der Waals surface area contributed by atoms with Gasteiger partial charge in [-0.15, -0.1) is 0 Å². The number of ether oxygens (including phenoxy) is 5. The maximum absolute atomic E-state index is 13.4. The van der Waals surface area contributed by atoms with E-state index in [-0.39, 0.29) is 61.6 Å². The highest BCUT2D eigenvalue weighted by Crippen LogP contribution is 2.45. The number of esters is 2. The number of carbonyl (C=O) groups excluding carboxylic acids is 4. The molecule has 0 bridgehead atoms. The van der Waals surface area contributed by atoms with Gasteiger partial charge >= 0.3 is 11.9 Å². The largest absolute Gasteiger partial charge is 0.462 e. The summed E-state index contributed by atoms with van der Waals surface area (Å²) < 4.78 is 30.8. The number of nitrogens with zero attached hydrogens (tertiary/aromatic N) is 1. The van der Waals surface area contributed by atoms with Crippen LogP contribution in [0.5, 0.6) is 0 Å². The topological polar surface area (TPSA) is 141 Å². The normalized spacial score (nSPS) is 41.7. The molecule has 11 nitrogen and oxygen atoms in total. The summed E-state index contributed by atoms with van der Waals surface area (Å²) in [6.45, 7) is 13.2. The summed E-state index contributed by atoms with van der Waals surface area (Å²) in [6.07, 6.45) is 1.45. The van der Waals surface area contributed by atoms with Crippen LogP contribution in [0.25, 0.3) is 0 Å². The van der Waals surface area contributed by atoms with Gasteiger partial charge in [0.15, 0.2) is 18.2 Å². The minimum Gasteiger partial charge on any atom is -0.462 e. The van der Waals surface area contributed by atoms with Gasteiger partial charge in [0.25, 0.3) is 0 Å². The Balaban J connectivity index is 2.01. The van der Waals surface area contributed by atoms with Crippen LogP contribution in [0.15, 0.2) is 12.2 Å². The van der Waals surface area contributed by atoms with E-state index in [1.807, 2.05) is 60.5 Å². The van der Waals surface area contributed by atoms with E-state index in [0.29, 0.717) is 19.3 Å². The molecule has 0 aromatic heterocycles. The van der Waals surface area contributed by atoms with Crippen molar-refractivity contribution in [1.29, 1.82) is 0 Å². The van der Waals surface area contributed by atoms with Crippen LogP contribution in [-0.2, 0) is 42.9 Å². The highest BCUT2D eigenvalue weighted by molar-refractivity contribution is 5.91. The molecule has 0 spiro atoms. The first-order valence-electron chi connectivity index (χ1n) is 17.0. The maximum Gasteiger partial charge on any atom is 0.308 e. The molecule has 0 aliphatic carbocycles. The number of allylic oxidation sites excluding steroid dienone is 1. The summed E-state index contributed by atoms with van der Waals surface area (Å²) in [4.78, 5) is 53.3. The molecule has 0 saturated carbocycles. The van der Waals surface area contributed by atoms with E-state index in [9.17, 15) is 24.3 Å². The molecule has 1 N–H and O–H groups in total. The molecule has 262 valence electrons. The van der Waals surface area contributed by atoms with Gasteiger partial charge in [-0.25, -0.2) is 0 Å². The van der Waals surface area contributed by atoms with E-state index in [2.05, 4.69) is 0 Å². The number of aliphatic hydroxyl groups is 1. The molecule has 0 radical (unpaired) electrons. The number of cyclic esters (lactones) is 1. The Bertz CT molecular complexity index is 1080. The molecule has 0 aromatic carbocycles. The molecule has 3 aliphatic heterocycles. The van der Waals surface area contributed by atoms with Crippen molar-refractivity contribution in [1.82, 2.24) is 4.90 Å². The molecule has 13 unspecified atom stereocenters. The maximum atomic E-state index is 13.4. The van der Waals surface area contributed by atoms with Gasteiger partial charge in [0.05, 0.1) is 36.9 Å². The third-order valence-corrected chi connectivity index (χ3v) is 9.99. The van der Waals surface area contributed by atoms with Crippen LogP contribution < -0.4 is 0 Å². The van der Waals surface area contributed by atoms with Gasteiger partial charge in [0, 0.05) is 30.6 Å². The quantitative estimate of drug-likeness (QED) is 0.220. The summed E-state index contributed by atoms with van der Waals surface area (Å²) >= 11 is 0. The molecule has 3 rings (SSSR count). The van der Waals surface area contributed by atoms with E-state index >= 15 is 0 Å². The number of epoxide rings is 1. The number of likely N-dealkylation sites (N-methyl/N-ethyl adjacent to an activating group) is 1. The van der Waals surface area contributed by atoms with Gasteiger partial charge in [-0.05, 0) is 71.7 Å². The first kappa shape index (κ1) is 38.3. The second-order valence-electron chi connectivity index (χ2n) is 14.1. The molecule has 11 heteroatoms. The standard InChI is InChI=1S/C35H57NO10/c1-10-12-29(40)44-32-25(36(8)9)18-21(4)42-34(32)45-31-22(5)27(39)19-30(41)43-28(11-2)23(6)33-35(7,46-33)15-13-26(38)20(3)17-24(31)14-16-37/h13,15-16,20-25,27-28,31-34,39H,10-12,14,17-19H2,1-9H3/b15-13-. The molecular formula is C35H57NO10. The van der Waals surface area contributed by atoms with Crippen LogP contribution in [0.4, 0.5) is 0 Å². The Hall–Kier alpha value is -2.18. The van der Waals surface area contributed by atoms with Crippen LogP contribution >= 0.6 is 0 Å². The fourth-order valence-electron chi connectivity index (χ4n) is 7.02. The second kappa shape index (κ2) is 16.8. The number of aldehydes is 1. The third kappa shape index (κ3) is 9.69. The summed E-state index contributed by atoms with van der Waals surface area (Å²) in [5.74, 6) is -2.83. The van der Waals surface area contributed by atoms with E-state index < -0.39 is 60.0 Å². The predicted molar refractivity (Wildman–Crippen MR) is 171 cm³/mol. The van der Waals surface area contributed by atoms with Crippen LogP contribution in [0.3, 0.4) is 0 Å². The molecular weight excluding hydrogens is 594 g/mol. The van der Waals surface area contributed by atoms with Crippen molar-refractivity contribution in [2.45, 2.75) is 148 Å². The first-order chi connectivity index (χ1) is 21.6. The predicted octanol–water partition coefficient (Wildman–Crippen LogP) is 4.02. The van der Waals surface area contributed by atoms with Crippen LogP contribution in [0.2, 0.25) is 0 Å². The number of carbonyl (C=O) groups is 4. The number of hydrogen-bond acceptors (Lipinski definition) is 11. The molecule has 13 atom stereocenters. The van der Waals surface area contributed by atoms with Crippen molar-refractivity contribution >= 4 is 24.0 Å². The Morgan fingerprint density at radius 3 is 2.41 bits per heavy atom. The molecule has 0 amide bonds. The molecule has 46 heavy (non-hydrogen) atoms. The summed E-state index contributed by atoms with van der Waals surface area (Å²) in [7, 11) is 3.81. The SMILES string of the molecule is CCCC(=O)OC1C(OC2C(CC=O)CC(C)C(=O)/C=C\C3(C)OC3C(C)C(CC)OC(=O)CC(O)C2C)OC(C)CC1N(C)C. The van der Waals surface area contributed by atoms with Crippen molar-refractivity contribution < 1.29 is 48.0 Å². The van der Waals surface area contributed by atoms with E-state index in [0.717, 1.165) is 6.29 Å². The molecule has 3 heterocycles. The highest BCUT2D eigenvalue weighted by atomic mass is 16.7. The number of hydrogen-bond donors (Lipinski definition) is 1. The molecule has 0 aromatic rings. The number of ketones is 1. The zero-order chi connectivity index (χ0) is 34.3. The van der Waals surface area contributed by atoms with Gasteiger partial charge in [0.1, 0.15) is 18.0 Å². The van der Waals surface area contributed by atoms with Crippen molar-refractivity contribution in [3.63, 3.8) is 0 Å². The lowest BCUT2D eigenvalue weighted by Crippen LogP contribution is -2.57. The lowest BCUT2D eigenvalue weighted by atomic mass is 9.79. The van der Waals surface area contributed by atoms with E-state index in [1.165, 1.54) is 0 Å². The zero-order valence-electron chi connectivity index (χ0n) is 29.2. The van der Waals surface area contributed by atoms with E-state index in [1.54, 1.807) is 19.1 Å². The lowest BCUT2D eigenvalue weighted by molar-refractivity contribution is -0.287. The van der Waals surface area contributed by atoms with Gasteiger partial charge in [-0.1, -0.05) is 34.6 Å². The third-order valence-electron chi connectivity index (χ3n) is 9.99. The van der Waals surface area contributed by atoms with Crippen LogP contribution in [0.1, 0.15) is 93.4 Å². The number of fused-ring (bicyclic) bond motifs is 1. The van der Waals surface area contributed by atoms with Crippen molar-refractivity contribution in [2.24, 2.45) is 23.7 Å². The van der Waals surface area contributed by atoms with Gasteiger partial charge < -0.3 is 38.5 Å². The van der Waals surface area contributed by atoms with Crippen LogP contribution in [0, 0.1) is 23.7 Å². The number of aliphatic hydroxyl groups excluding tert-OH is 1. The lowest BCUT2D eigenvalue weighted by Gasteiger charge is -2.45. The zero-order valence-corrected chi connectivity index (χ0v) is 29.2. The fraction of sp³-hybridized carbons (Fsp3) is 0.829. The van der Waals surface area contributed by atoms with Gasteiger partial charge in [0.2, 0.25) is 0 Å². The van der Waals surface area contributed by atoms with Crippen molar-refractivity contribution in [3.8, 4) is 0 Å². The smallest absolute Gasteiger partial charge is 0.308 e. The molecule has 2 fully saturated rings. The van der Waals surface area contributed by atoms with Gasteiger partial charge in [-0.3, -0.25) is 14.4 Å². The molecule has 2 saturated heterocycles. The Labute approximate surface area is 274 Å². The van der Waals surface area contributed by atoms with Gasteiger partial charge in [-0.2, -0.15) is 0 Å². The fourth-order valence-corrected chi connectivity index (χ4v) is 7.02. The monoisotopic (exact) mass is 651 g/mol.